The molecular weight excluding hydrogens is 234 g/mol. The largest absolute Gasteiger partial charge is 0.481 e. The molecule has 0 spiro atoms. The summed E-state index contributed by atoms with van der Waals surface area (Å²) in [7, 11) is 0. The molecule has 0 unspecified atom stereocenters. The van der Waals surface area contributed by atoms with Gasteiger partial charge in [0, 0.05) is 12.1 Å². The molecule has 0 radical (unpaired) electrons. The number of para-hydroxylation sites is 1. The zero-order chi connectivity index (χ0) is 11.8. The predicted molar refractivity (Wildman–Crippen MR) is 74.6 cm³/mol. The molecule has 3 heteroatoms. The first-order valence-electron chi connectivity index (χ1n) is 5.59. The average molecular weight is 254 g/mol. The smallest absolute Gasteiger partial charge is 0.148 e. The molecule has 1 rings (SSSR count). The fourth-order valence-corrected chi connectivity index (χ4v) is 1.41. The third-order valence-electron chi connectivity index (χ3n) is 2.15. The third-order valence-corrected chi connectivity index (χ3v) is 2.15. The second-order valence-electron chi connectivity index (χ2n) is 4.13. The summed E-state index contributed by atoms with van der Waals surface area (Å²) in [5.74, 6) is 4.00. The van der Waals surface area contributed by atoms with Crippen LogP contribution in [-0.4, -0.2) is 13.2 Å². The van der Waals surface area contributed by atoms with E-state index >= 15 is 0 Å². The molecule has 0 aliphatic carbocycles. The van der Waals surface area contributed by atoms with Gasteiger partial charge in [0.05, 0.1) is 0 Å². The Bertz CT molecular complexity index is 357. The highest BCUT2D eigenvalue weighted by atomic mass is 35.5. The number of ether oxygens (including phenoxy) is 1. The number of halogens is 1. The SMILES string of the molecule is C#CCOc1ccccc1CNCC(C)C.Cl. The molecule has 1 aromatic carbocycles. The van der Waals surface area contributed by atoms with Gasteiger partial charge in [-0.1, -0.05) is 38.0 Å². The third kappa shape index (κ3) is 6.21. The van der Waals surface area contributed by atoms with Crippen molar-refractivity contribution in [1.29, 1.82) is 0 Å². The lowest BCUT2D eigenvalue weighted by atomic mass is 10.2. The maximum atomic E-state index is 5.47. The van der Waals surface area contributed by atoms with Crippen LogP contribution in [-0.2, 0) is 6.54 Å². The van der Waals surface area contributed by atoms with Crippen LogP contribution in [0.1, 0.15) is 19.4 Å². The number of nitrogens with one attached hydrogen (secondary N) is 1. The van der Waals surface area contributed by atoms with Gasteiger partial charge in [0.1, 0.15) is 12.4 Å². The summed E-state index contributed by atoms with van der Waals surface area (Å²) in [6, 6.07) is 7.97. The lowest BCUT2D eigenvalue weighted by molar-refractivity contribution is 0.364. The van der Waals surface area contributed by atoms with Crippen molar-refractivity contribution in [3.05, 3.63) is 29.8 Å². The molecule has 2 nitrogen and oxygen atoms in total. The zero-order valence-electron chi connectivity index (χ0n) is 10.4. The van der Waals surface area contributed by atoms with Gasteiger partial charge < -0.3 is 10.1 Å². The molecular formula is C14H20ClNO. The number of terminal acetylenes is 1. The minimum absolute atomic E-state index is 0. The van der Waals surface area contributed by atoms with Gasteiger partial charge in [-0.25, -0.2) is 0 Å². The van der Waals surface area contributed by atoms with Gasteiger partial charge in [-0.2, -0.15) is 0 Å². The normalized spacial score (nSPS) is 9.53. The second kappa shape index (κ2) is 8.92. The van der Waals surface area contributed by atoms with Gasteiger partial charge in [0.15, 0.2) is 0 Å². The van der Waals surface area contributed by atoms with E-state index in [1.54, 1.807) is 0 Å². The van der Waals surface area contributed by atoms with Crippen LogP contribution in [0.5, 0.6) is 5.75 Å². The molecule has 0 bridgehead atoms. The van der Waals surface area contributed by atoms with E-state index in [0.717, 1.165) is 24.4 Å². The van der Waals surface area contributed by atoms with Crippen LogP contribution in [0, 0.1) is 18.3 Å². The van der Waals surface area contributed by atoms with E-state index in [1.165, 1.54) is 0 Å². The van der Waals surface area contributed by atoms with Crippen molar-refractivity contribution >= 4 is 12.4 Å². The van der Waals surface area contributed by atoms with Crippen LogP contribution in [0.25, 0.3) is 0 Å². The van der Waals surface area contributed by atoms with Gasteiger partial charge in [-0.05, 0) is 18.5 Å². The molecule has 94 valence electrons. The van der Waals surface area contributed by atoms with Crippen molar-refractivity contribution in [2.75, 3.05) is 13.2 Å². The predicted octanol–water partition coefficient (Wildman–Crippen LogP) is 2.87. The summed E-state index contributed by atoms with van der Waals surface area (Å²) in [6.45, 7) is 6.52. The Labute approximate surface area is 110 Å². The van der Waals surface area contributed by atoms with Crippen molar-refractivity contribution in [2.45, 2.75) is 20.4 Å². The van der Waals surface area contributed by atoms with Gasteiger partial charge in [-0.3, -0.25) is 0 Å². The first-order valence-corrected chi connectivity index (χ1v) is 5.59. The van der Waals surface area contributed by atoms with Crippen LogP contribution in [0.3, 0.4) is 0 Å². The highest BCUT2D eigenvalue weighted by Gasteiger charge is 2.02. The fourth-order valence-electron chi connectivity index (χ4n) is 1.41. The Morgan fingerprint density at radius 2 is 2.06 bits per heavy atom. The quantitative estimate of drug-likeness (QED) is 0.788. The van der Waals surface area contributed by atoms with Crippen LogP contribution in [0.4, 0.5) is 0 Å². The van der Waals surface area contributed by atoms with E-state index in [1.807, 2.05) is 18.2 Å². The molecule has 0 aliphatic heterocycles. The van der Waals surface area contributed by atoms with Crippen molar-refractivity contribution in [2.24, 2.45) is 5.92 Å². The van der Waals surface area contributed by atoms with Crippen LogP contribution < -0.4 is 10.1 Å². The lowest BCUT2D eigenvalue weighted by Crippen LogP contribution is -2.19. The van der Waals surface area contributed by atoms with E-state index in [9.17, 15) is 0 Å². The van der Waals surface area contributed by atoms with Crippen LogP contribution in [0.2, 0.25) is 0 Å². The highest BCUT2D eigenvalue weighted by Crippen LogP contribution is 2.17. The Hall–Kier alpha value is -1.17. The molecule has 0 aliphatic rings. The molecule has 1 aromatic rings. The molecule has 17 heavy (non-hydrogen) atoms. The average Bonchev–Trinajstić information content (AvgIpc) is 2.27. The van der Waals surface area contributed by atoms with Gasteiger partial charge in [0.2, 0.25) is 0 Å². The monoisotopic (exact) mass is 253 g/mol. The Morgan fingerprint density at radius 3 is 2.71 bits per heavy atom. The molecule has 0 fully saturated rings. The van der Waals surface area contributed by atoms with Gasteiger partial charge >= 0.3 is 0 Å². The number of rotatable bonds is 6. The highest BCUT2D eigenvalue weighted by molar-refractivity contribution is 5.85. The van der Waals surface area contributed by atoms with Crippen molar-refractivity contribution < 1.29 is 4.74 Å². The summed E-state index contributed by atoms with van der Waals surface area (Å²) in [5.41, 5.74) is 1.15. The Balaban J connectivity index is 0.00000256. The fraction of sp³-hybridized carbons (Fsp3) is 0.429. The maximum absolute atomic E-state index is 5.47. The standard InChI is InChI=1S/C14H19NO.ClH/c1-4-9-16-14-8-6-5-7-13(14)11-15-10-12(2)3;/h1,5-8,12,15H,9-11H2,2-3H3;1H. The molecule has 0 heterocycles. The van der Waals surface area contributed by atoms with Crippen molar-refractivity contribution in [3.63, 3.8) is 0 Å². The molecule has 0 atom stereocenters. The first kappa shape index (κ1) is 15.8. The molecule has 0 amide bonds. The summed E-state index contributed by atoms with van der Waals surface area (Å²) in [6.07, 6.45) is 5.18. The molecule has 1 N–H and O–H groups in total. The zero-order valence-corrected chi connectivity index (χ0v) is 11.2. The minimum Gasteiger partial charge on any atom is -0.481 e. The lowest BCUT2D eigenvalue weighted by Gasteiger charge is -2.11. The van der Waals surface area contributed by atoms with Crippen molar-refractivity contribution in [3.8, 4) is 18.1 Å². The summed E-state index contributed by atoms with van der Waals surface area (Å²) in [4.78, 5) is 0. The minimum atomic E-state index is 0. The summed E-state index contributed by atoms with van der Waals surface area (Å²) < 4.78 is 5.47. The van der Waals surface area contributed by atoms with Crippen LogP contribution >= 0.6 is 12.4 Å². The Kier molecular flexibility index (Phi) is 8.31. The van der Waals surface area contributed by atoms with Gasteiger partial charge in [0.25, 0.3) is 0 Å². The summed E-state index contributed by atoms with van der Waals surface area (Å²) in [5, 5.41) is 3.39. The van der Waals surface area contributed by atoms with Gasteiger partial charge in [-0.15, -0.1) is 18.8 Å². The van der Waals surface area contributed by atoms with E-state index in [-0.39, 0.29) is 12.4 Å². The maximum Gasteiger partial charge on any atom is 0.148 e. The number of hydrogen-bond acceptors (Lipinski definition) is 2. The van der Waals surface area contributed by atoms with E-state index in [0.29, 0.717) is 12.5 Å². The van der Waals surface area contributed by atoms with E-state index < -0.39 is 0 Å². The number of hydrogen-bond donors (Lipinski definition) is 1. The molecule has 0 saturated carbocycles. The number of benzene rings is 1. The van der Waals surface area contributed by atoms with Crippen LogP contribution in [0.15, 0.2) is 24.3 Å². The molecule has 0 saturated heterocycles. The summed E-state index contributed by atoms with van der Waals surface area (Å²) >= 11 is 0. The first-order chi connectivity index (χ1) is 7.74. The topological polar surface area (TPSA) is 21.3 Å². The van der Waals surface area contributed by atoms with E-state index in [2.05, 4.69) is 31.2 Å². The van der Waals surface area contributed by atoms with E-state index in [4.69, 9.17) is 11.2 Å². The molecule has 0 aromatic heterocycles. The van der Waals surface area contributed by atoms with Crippen molar-refractivity contribution in [1.82, 2.24) is 5.32 Å². The Morgan fingerprint density at radius 1 is 1.35 bits per heavy atom. The second-order valence-corrected chi connectivity index (χ2v) is 4.13.